The molecule has 0 spiro atoms. The van der Waals surface area contributed by atoms with Crippen LogP contribution < -0.4 is 14.9 Å². The second-order valence-electron chi connectivity index (χ2n) is 8.23. The van der Waals surface area contributed by atoms with Crippen molar-refractivity contribution in [3.05, 3.63) is 71.1 Å². The third-order valence-corrected chi connectivity index (χ3v) is 5.71. The molecule has 0 fully saturated rings. The SMILES string of the molecule is CCCC(=O)N(c1c(N(CCC)c2ccccc2)[nH]c(C)nc1=S)N(CCC)c1ccccc1. The molecule has 0 saturated carbocycles. The van der Waals surface area contributed by atoms with Gasteiger partial charge in [-0.2, -0.15) is 0 Å². The van der Waals surface area contributed by atoms with E-state index in [1.54, 1.807) is 5.01 Å². The van der Waals surface area contributed by atoms with Gasteiger partial charge in [0.25, 0.3) is 0 Å². The summed E-state index contributed by atoms with van der Waals surface area (Å²) in [5.41, 5.74) is 2.59. The summed E-state index contributed by atoms with van der Waals surface area (Å²) in [6, 6.07) is 20.2. The molecule has 1 amide bonds. The first-order chi connectivity index (χ1) is 16.5. The van der Waals surface area contributed by atoms with Crippen LogP contribution in [0.25, 0.3) is 0 Å². The zero-order chi connectivity index (χ0) is 24.5. The average molecular weight is 478 g/mol. The number of aromatic amines is 1. The fourth-order valence-corrected chi connectivity index (χ4v) is 4.33. The van der Waals surface area contributed by atoms with Crippen LogP contribution in [0.5, 0.6) is 0 Å². The quantitative estimate of drug-likeness (QED) is 0.239. The number of hydrogen-bond acceptors (Lipinski definition) is 5. The van der Waals surface area contributed by atoms with E-state index in [4.69, 9.17) is 12.2 Å². The van der Waals surface area contributed by atoms with Crippen molar-refractivity contribution >= 4 is 41.0 Å². The number of aryl methyl sites for hydroxylation is 1. The molecule has 180 valence electrons. The second-order valence-corrected chi connectivity index (χ2v) is 8.61. The molecule has 0 aliphatic rings. The number of aromatic nitrogens is 2. The number of para-hydroxylation sites is 2. The molecular formula is C27H35N5OS. The van der Waals surface area contributed by atoms with Crippen LogP contribution in [0.3, 0.4) is 0 Å². The topological polar surface area (TPSA) is 55.5 Å². The molecular weight excluding hydrogens is 442 g/mol. The highest BCUT2D eigenvalue weighted by molar-refractivity contribution is 7.71. The van der Waals surface area contributed by atoms with Crippen LogP contribution in [0.15, 0.2) is 60.7 Å². The number of H-pyrrole nitrogens is 1. The molecule has 3 rings (SSSR count). The minimum Gasteiger partial charge on any atom is -0.328 e. The third-order valence-electron chi connectivity index (χ3n) is 5.42. The van der Waals surface area contributed by atoms with Gasteiger partial charge in [0, 0.05) is 25.2 Å². The van der Waals surface area contributed by atoms with Gasteiger partial charge in [0.15, 0.2) is 4.64 Å². The molecule has 1 N–H and O–H groups in total. The summed E-state index contributed by atoms with van der Waals surface area (Å²) in [5.74, 6) is 1.49. The average Bonchev–Trinajstić information content (AvgIpc) is 2.84. The van der Waals surface area contributed by atoms with Gasteiger partial charge in [-0.1, -0.05) is 69.4 Å². The normalized spacial score (nSPS) is 10.7. The summed E-state index contributed by atoms with van der Waals surface area (Å²) in [6.07, 6.45) is 2.95. The lowest BCUT2D eigenvalue weighted by atomic mass is 10.2. The Balaban J connectivity index is 2.29. The predicted molar refractivity (Wildman–Crippen MR) is 144 cm³/mol. The number of carbonyl (C=O) groups excluding carboxylic acids is 1. The number of anilines is 4. The van der Waals surface area contributed by atoms with Gasteiger partial charge in [-0.05, 0) is 50.5 Å². The van der Waals surface area contributed by atoms with Crippen molar-refractivity contribution in [3.63, 3.8) is 0 Å². The van der Waals surface area contributed by atoms with E-state index in [-0.39, 0.29) is 5.91 Å². The molecule has 6 nitrogen and oxygen atoms in total. The van der Waals surface area contributed by atoms with Crippen LogP contribution in [0.1, 0.15) is 52.3 Å². The van der Waals surface area contributed by atoms with E-state index < -0.39 is 0 Å². The van der Waals surface area contributed by atoms with Crippen molar-refractivity contribution in [1.29, 1.82) is 0 Å². The third kappa shape index (κ3) is 5.83. The molecule has 0 radical (unpaired) electrons. The first kappa shape index (κ1) is 25.4. The lowest BCUT2D eigenvalue weighted by molar-refractivity contribution is -0.118. The van der Waals surface area contributed by atoms with Gasteiger partial charge < -0.3 is 9.88 Å². The van der Waals surface area contributed by atoms with E-state index in [1.165, 1.54) is 0 Å². The van der Waals surface area contributed by atoms with Crippen LogP contribution in [0.2, 0.25) is 0 Å². The number of rotatable bonds is 11. The van der Waals surface area contributed by atoms with Crippen LogP contribution >= 0.6 is 12.2 Å². The minimum atomic E-state index is -0.00397. The van der Waals surface area contributed by atoms with E-state index >= 15 is 0 Å². The van der Waals surface area contributed by atoms with Gasteiger partial charge >= 0.3 is 0 Å². The second kappa shape index (κ2) is 12.3. The standard InChI is InChI=1S/C27H35N5OS/c1-5-14-24(33)32(31(20-7-3)23-17-12-9-13-18-23)25-26(28-21(4)29-27(25)34)30(19-6-2)22-15-10-8-11-16-22/h8-13,15-18H,5-7,14,19-20H2,1-4H3,(H,28,29,34). The summed E-state index contributed by atoms with van der Waals surface area (Å²) in [4.78, 5) is 23.9. The Labute approximate surface area is 208 Å². The van der Waals surface area contributed by atoms with E-state index in [1.807, 2.05) is 67.4 Å². The number of carbonyl (C=O) groups is 1. The van der Waals surface area contributed by atoms with Gasteiger partial charge in [0.05, 0.1) is 5.69 Å². The number of nitrogens with zero attached hydrogens (tertiary/aromatic N) is 4. The number of hydrazine groups is 1. The lowest BCUT2D eigenvalue weighted by Gasteiger charge is -2.38. The van der Waals surface area contributed by atoms with Crippen molar-refractivity contribution in [1.82, 2.24) is 9.97 Å². The molecule has 1 heterocycles. The number of benzene rings is 2. The van der Waals surface area contributed by atoms with E-state index in [0.717, 1.165) is 43.0 Å². The lowest BCUT2D eigenvalue weighted by Crippen LogP contribution is -2.48. The zero-order valence-electron chi connectivity index (χ0n) is 20.6. The molecule has 2 aromatic carbocycles. The van der Waals surface area contributed by atoms with Crippen molar-refractivity contribution in [2.75, 3.05) is 28.0 Å². The van der Waals surface area contributed by atoms with Crippen molar-refractivity contribution in [3.8, 4) is 0 Å². The summed E-state index contributed by atoms with van der Waals surface area (Å²) in [5, 5.41) is 3.79. The van der Waals surface area contributed by atoms with Crippen molar-refractivity contribution in [2.45, 2.75) is 53.4 Å². The molecule has 3 aromatic rings. The van der Waals surface area contributed by atoms with Gasteiger partial charge in [0.2, 0.25) is 5.91 Å². The maximum atomic E-state index is 13.7. The van der Waals surface area contributed by atoms with Crippen LogP contribution in [0.4, 0.5) is 22.9 Å². The molecule has 0 aliphatic carbocycles. The first-order valence-electron chi connectivity index (χ1n) is 12.1. The number of nitrogens with one attached hydrogen (secondary N) is 1. The molecule has 0 saturated heterocycles. The molecule has 0 bridgehead atoms. The fraction of sp³-hybridized carbons (Fsp3) is 0.370. The monoisotopic (exact) mass is 477 g/mol. The van der Waals surface area contributed by atoms with Gasteiger partial charge in [0.1, 0.15) is 17.3 Å². The molecule has 0 atom stereocenters. The van der Waals surface area contributed by atoms with Crippen molar-refractivity contribution in [2.24, 2.45) is 0 Å². The fourth-order valence-electron chi connectivity index (χ4n) is 4.01. The Bertz CT molecular complexity index is 1120. The number of amides is 1. The van der Waals surface area contributed by atoms with Crippen LogP contribution in [-0.2, 0) is 4.79 Å². The Kier molecular flexibility index (Phi) is 9.22. The predicted octanol–water partition coefficient (Wildman–Crippen LogP) is 6.96. The first-order valence-corrected chi connectivity index (χ1v) is 12.5. The highest BCUT2D eigenvalue weighted by Gasteiger charge is 2.30. The minimum absolute atomic E-state index is 0.00397. The highest BCUT2D eigenvalue weighted by Crippen LogP contribution is 2.36. The molecule has 1 aromatic heterocycles. The molecule has 7 heteroatoms. The van der Waals surface area contributed by atoms with Crippen LogP contribution in [0, 0.1) is 11.6 Å². The van der Waals surface area contributed by atoms with E-state index in [2.05, 4.69) is 40.8 Å². The Hall–Kier alpha value is -3.19. The maximum absolute atomic E-state index is 13.7. The Morgan fingerprint density at radius 1 is 0.882 bits per heavy atom. The molecule has 34 heavy (non-hydrogen) atoms. The smallest absolute Gasteiger partial charge is 0.246 e. The molecule has 0 aliphatic heterocycles. The van der Waals surface area contributed by atoms with Gasteiger partial charge in [-0.15, -0.1) is 0 Å². The van der Waals surface area contributed by atoms with E-state index in [9.17, 15) is 4.79 Å². The largest absolute Gasteiger partial charge is 0.328 e. The number of hydrogen-bond donors (Lipinski definition) is 1. The summed E-state index contributed by atoms with van der Waals surface area (Å²) < 4.78 is 0.407. The van der Waals surface area contributed by atoms with Crippen LogP contribution in [-0.4, -0.2) is 29.0 Å². The van der Waals surface area contributed by atoms with Gasteiger partial charge in [-0.3, -0.25) is 9.80 Å². The van der Waals surface area contributed by atoms with E-state index in [0.29, 0.717) is 29.1 Å². The Morgan fingerprint density at radius 2 is 1.47 bits per heavy atom. The Morgan fingerprint density at radius 3 is 2.03 bits per heavy atom. The summed E-state index contributed by atoms with van der Waals surface area (Å²) >= 11 is 5.84. The summed E-state index contributed by atoms with van der Waals surface area (Å²) in [7, 11) is 0. The zero-order valence-corrected chi connectivity index (χ0v) is 21.4. The van der Waals surface area contributed by atoms with Crippen molar-refractivity contribution < 1.29 is 4.79 Å². The van der Waals surface area contributed by atoms with Gasteiger partial charge in [-0.25, -0.2) is 9.99 Å². The highest BCUT2D eigenvalue weighted by atomic mass is 32.1. The maximum Gasteiger partial charge on any atom is 0.246 e. The summed E-state index contributed by atoms with van der Waals surface area (Å²) in [6.45, 7) is 9.61. The molecule has 0 unspecified atom stereocenters.